The lowest BCUT2D eigenvalue weighted by Crippen LogP contribution is -2.12. The van der Waals surface area contributed by atoms with Crippen molar-refractivity contribution in [2.75, 3.05) is 12.4 Å². The van der Waals surface area contributed by atoms with Gasteiger partial charge in [-0.2, -0.15) is 0 Å². The molecule has 0 aromatic carbocycles. The van der Waals surface area contributed by atoms with E-state index in [9.17, 15) is 14.4 Å². The summed E-state index contributed by atoms with van der Waals surface area (Å²) in [5.74, 6) is -1.09. The highest BCUT2D eigenvalue weighted by Crippen LogP contribution is 2.14. The van der Waals surface area contributed by atoms with E-state index in [2.05, 4.69) is 15.0 Å². The van der Waals surface area contributed by atoms with Crippen LogP contribution in [0.1, 0.15) is 16.8 Å². The molecule has 1 aromatic rings. The summed E-state index contributed by atoms with van der Waals surface area (Å²) >= 11 is 0. The molecule has 0 saturated heterocycles. The van der Waals surface area contributed by atoms with Crippen molar-refractivity contribution >= 4 is 23.9 Å². The number of amides is 1. The maximum absolute atomic E-state index is 11.6. The molecule has 1 aromatic heterocycles. The van der Waals surface area contributed by atoms with Crippen LogP contribution in [0.5, 0.6) is 0 Å². The Morgan fingerprint density at radius 2 is 2.31 bits per heavy atom. The molecule has 0 fully saturated rings. The van der Waals surface area contributed by atoms with Crippen LogP contribution in [0.3, 0.4) is 0 Å². The molecular weight excluding hydrogens is 212 g/mol. The van der Waals surface area contributed by atoms with E-state index < -0.39 is 11.8 Å². The fourth-order valence-electron chi connectivity index (χ4n) is 1.10. The molecule has 1 heterocycles. The molecule has 0 saturated carbocycles. The Hall–Kier alpha value is -2.24. The third-order valence-electron chi connectivity index (χ3n) is 1.87. The quantitative estimate of drug-likeness (QED) is 0.337. The highest BCUT2D eigenvalue weighted by Gasteiger charge is 2.15. The second-order valence-corrected chi connectivity index (χ2v) is 2.86. The minimum atomic E-state index is -0.633. The van der Waals surface area contributed by atoms with Crippen LogP contribution in [0.25, 0.3) is 0 Å². The highest BCUT2D eigenvalue weighted by molar-refractivity contribution is 6.09. The van der Waals surface area contributed by atoms with E-state index in [0.717, 1.165) is 0 Å². The number of nitrogens with one attached hydrogen (secondary N) is 1. The summed E-state index contributed by atoms with van der Waals surface area (Å²) in [5, 5.41) is 2.35. The lowest BCUT2D eigenvalue weighted by Gasteiger charge is -2.05. The monoisotopic (exact) mass is 222 g/mol. The smallest absolute Gasteiger partial charge is 0.313 e. The van der Waals surface area contributed by atoms with Crippen LogP contribution >= 0.6 is 0 Å². The van der Waals surface area contributed by atoms with E-state index >= 15 is 0 Å². The molecule has 0 radical (unpaired) electrons. The molecule has 0 bridgehead atoms. The number of ketones is 1. The molecular formula is C10H10N2O4. The Kier molecular flexibility index (Phi) is 4.14. The van der Waals surface area contributed by atoms with E-state index in [1.165, 1.54) is 25.6 Å². The summed E-state index contributed by atoms with van der Waals surface area (Å²) in [6.45, 7) is 0. The van der Waals surface area contributed by atoms with Gasteiger partial charge in [-0.1, -0.05) is 0 Å². The molecule has 0 atom stereocenters. The van der Waals surface area contributed by atoms with Crippen molar-refractivity contribution in [3.05, 3.63) is 24.0 Å². The summed E-state index contributed by atoms with van der Waals surface area (Å²) in [4.78, 5) is 36.6. The Morgan fingerprint density at radius 3 is 2.94 bits per heavy atom. The minimum absolute atomic E-state index is 0.181. The van der Waals surface area contributed by atoms with Crippen molar-refractivity contribution in [1.82, 2.24) is 4.98 Å². The second kappa shape index (κ2) is 5.59. The van der Waals surface area contributed by atoms with Crippen LogP contribution in [-0.4, -0.2) is 30.3 Å². The SMILES string of the molecule is COC(=O)CC(=O)c1cnccc1NC=O. The molecule has 1 N–H and O–H groups in total. The average molecular weight is 222 g/mol. The van der Waals surface area contributed by atoms with Crippen molar-refractivity contribution in [2.45, 2.75) is 6.42 Å². The van der Waals surface area contributed by atoms with Gasteiger partial charge < -0.3 is 10.1 Å². The number of ether oxygens (including phenoxy) is 1. The zero-order chi connectivity index (χ0) is 12.0. The number of hydrogen-bond donors (Lipinski definition) is 1. The number of carbonyl (C=O) groups excluding carboxylic acids is 3. The zero-order valence-corrected chi connectivity index (χ0v) is 8.60. The van der Waals surface area contributed by atoms with E-state index in [1.54, 1.807) is 0 Å². The molecule has 0 aliphatic carbocycles. The van der Waals surface area contributed by atoms with Gasteiger partial charge in [0.1, 0.15) is 6.42 Å². The average Bonchev–Trinajstić information content (AvgIpc) is 2.30. The van der Waals surface area contributed by atoms with E-state index in [1.807, 2.05) is 0 Å². The Labute approximate surface area is 91.6 Å². The third kappa shape index (κ3) is 2.88. The predicted octanol–water partition coefficient (Wildman–Crippen LogP) is 0.396. The summed E-state index contributed by atoms with van der Waals surface area (Å²) in [5.41, 5.74) is 0.499. The van der Waals surface area contributed by atoms with Crippen LogP contribution in [0.4, 0.5) is 5.69 Å². The first kappa shape index (κ1) is 11.8. The van der Waals surface area contributed by atoms with Crippen molar-refractivity contribution in [3.63, 3.8) is 0 Å². The second-order valence-electron chi connectivity index (χ2n) is 2.86. The lowest BCUT2D eigenvalue weighted by molar-refractivity contribution is -0.139. The number of anilines is 1. The molecule has 0 aliphatic heterocycles. The summed E-state index contributed by atoms with van der Waals surface area (Å²) in [6, 6.07) is 1.47. The fraction of sp³-hybridized carbons (Fsp3) is 0.200. The van der Waals surface area contributed by atoms with Crippen LogP contribution in [0, 0.1) is 0 Å². The number of hydrogen-bond acceptors (Lipinski definition) is 5. The highest BCUT2D eigenvalue weighted by atomic mass is 16.5. The maximum atomic E-state index is 11.6. The zero-order valence-electron chi connectivity index (χ0n) is 8.60. The minimum Gasteiger partial charge on any atom is -0.469 e. The van der Waals surface area contributed by atoms with Crippen molar-refractivity contribution in [3.8, 4) is 0 Å². The molecule has 0 unspecified atom stereocenters. The van der Waals surface area contributed by atoms with Gasteiger partial charge in [-0.15, -0.1) is 0 Å². The number of aromatic nitrogens is 1. The molecule has 6 nitrogen and oxygen atoms in total. The van der Waals surface area contributed by atoms with Gasteiger partial charge >= 0.3 is 5.97 Å². The van der Waals surface area contributed by atoms with E-state index in [0.29, 0.717) is 12.1 Å². The number of carbonyl (C=O) groups is 3. The van der Waals surface area contributed by atoms with E-state index in [4.69, 9.17) is 0 Å². The molecule has 16 heavy (non-hydrogen) atoms. The van der Waals surface area contributed by atoms with Gasteiger partial charge in [-0.25, -0.2) is 0 Å². The first-order valence-electron chi connectivity index (χ1n) is 4.43. The van der Waals surface area contributed by atoms with Crippen LogP contribution in [0.2, 0.25) is 0 Å². The van der Waals surface area contributed by atoms with Gasteiger partial charge in [0.15, 0.2) is 5.78 Å². The Bertz CT molecular complexity index is 417. The molecule has 1 amide bonds. The normalized spacial score (nSPS) is 9.31. The standard InChI is InChI=1S/C10H10N2O4/c1-16-10(15)4-9(14)7-5-11-3-2-8(7)12-6-13/h2-3,5-6H,4H2,1H3,(H,11,12,13). The van der Waals surface area contributed by atoms with Crippen LogP contribution < -0.4 is 5.32 Å². The predicted molar refractivity (Wildman–Crippen MR) is 54.9 cm³/mol. The maximum Gasteiger partial charge on any atom is 0.313 e. The molecule has 0 aliphatic rings. The van der Waals surface area contributed by atoms with Crippen LogP contribution in [0.15, 0.2) is 18.5 Å². The lowest BCUT2D eigenvalue weighted by atomic mass is 10.1. The van der Waals surface area contributed by atoms with Gasteiger partial charge in [0, 0.05) is 12.4 Å². The summed E-state index contributed by atoms with van der Waals surface area (Å²) in [6.07, 6.45) is 2.79. The number of pyridine rings is 1. The number of methoxy groups -OCH3 is 1. The van der Waals surface area contributed by atoms with Gasteiger partial charge in [0.2, 0.25) is 6.41 Å². The Balaban J connectivity index is 2.89. The number of rotatable bonds is 5. The van der Waals surface area contributed by atoms with Gasteiger partial charge in [-0.05, 0) is 6.07 Å². The third-order valence-corrected chi connectivity index (χ3v) is 1.87. The summed E-state index contributed by atoms with van der Waals surface area (Å²) in [7, 11) is 1.20. The van der Waals surface area contributed by atoms with Gasteiger partial charge in [0.25, 0.3) is 0 Å². The van der Waals surface area contributed by atoms with Crippen molar-refractivity contribution in [2.24, 2.45) is 0 Å². The first-order chi connectivity index (χ1) is 7.69. The fourth-order valence-corrected chi connectivity index (χ4v) is 1.10. The Morgan fingerprint density at radius 1 is 1.56 bits per heavy atom. The topological polar surface area (TPSA) is 85.4 Å². The number of nitrogens with zero attached hydrogens (tertiary/aromatic N) is 1. The van der Waals surface area contributed by atoms with Crippen molar-refractivity contribution < 1.29 is 19.1 Å². The number of esters is 1. The molecule has 6 heteroatoms. The molecule has 0 spiro atoms. The van der Waals surface area contributed by atoms with Gasteiger partial charge in [0.05, 0.1) is 18.4 Å². The van der Waals surface area contributed by atoms with Crippen LogP contribution in [-0.2, 0) is 14.3 Å². The molecule has 1 rings (SSSR count). The van der Waals surface area contributed by atoms with Gasteiger partial charge in [-0.3, -0.25) is 19.4 Å². The van der Waals surface area contributed by atoms with Crippen molar-refractivity contribution in [1.29, 1.82) is 0 Å². The largest absolute Gasteiger partial charge is 0.469 e. The number of Topliss-reactive ketones (excluding diaryl/α,β-unsaturated/α-hetero) is 1. The van der Waals surface area contributed by atoms with E-state index in [-0.39, 0.29) is 12.0 Å². The first-order valence-corrected chi connectivity index (χ1v) is 4.43. The molecule has 84 valence electrons. The summed E-state index contributed by atoms with van der Waals surface area (Å²) < 4.78 is 4.37.